The van der Waals surface area contributed by atoms with Gasteiger partial charge in [-0.3, -0.25) is 4.79 Å². The highest BCUT2D eigenvalue weighted by Crippen LogP contribution is 2.30. The van der Waals surface area contributed by atoms with Crippen LogP contribution in [-0.4, -0.2) is 46.5 Å². The Hall–Kier alpha value is -2.34. The lowest BCUT2D eigenvalue weighted by Crippen LogP contribution is -2.55. The van der Waals surface area contributed by atoms with Gasteiger partial charge in [0.15, 0.2) is 0 Å². The van der Waals surface area contributed by atoms with Crippen molar-refractivity contribution in [3.8, 4) is 11.6 Å². The van der Waals surface area contributed by atoms with Crippen LogP contribution in [0.4, 0.5) is 5.82 Å². The van der Waals surface area contributed by atoms with Crippen LogP contribution in [0.5, 0.6) is 11.6 Å². The number of hydrogen-bond acceptors (Lipinski definition) is 5. The van der Waals surface area contributed by atoms with Gasteiger partial charge in [-0.25, -0.2) is 9.97 Å². The predicted octanol–water partition coefficient (Wildman–Crippen LogP) is 5.48. The van der Waals surface area contributed by atoms with Crippen LogP contribution >= 0.6 is 11.6 Å². The number of ether oxygens (including phenoxy) is 1. The van der Waals surface area contributed by atoms with E-state index in [-0.39, 0.29) is 12.0 Å². The molecule has 2 atom stereocenters. The van der Waals surface area contributed by atoms with E-state index < -0.39 is 0 Å². The highest BCUT2D eigenvalue weighted by molar-refractivity contribution is 6.32. The lowest BCUT2D eigenvalue weighted by molar-refractivity contribution is -0.138. The third kappa shape index (κ3) is 5.88. The smallest absolute Gasteiger partial charge is 0.226 e. The van der Waals surface area contributed by atoms with Crippen LogP contribution in [0.25, 0.3) is 0 Å². The van der Waals surface area contributed by atoms with Gasteiger partial charge in [0.2, 0.25) is 11.8 Å². The molecule has 0 saturated carbocycles. The maximum atomic E-state index is 13.1. The lowest BCUT2D eigenvalue weighted by Gasteiger charge is -2.41. The first-order valence-electron chi connectivity index (χ1n) is 11.2. The van der Waals surface area contributed by atoms with Crippen molar-refractivity contribution in [2.45, 2.75) is 59.4 Å². The minimum atomic E-state index is 0.127. The van der Waals surface area contributed by atoms with Gasteiger partial charge in [0, 0.05) is 37.7 Å². The Morgan fingerprint density at radius 3 is 2.77 bits per heavy atom. The van der Waals surface area contributed by atoms with E-state index >= 15 is 0 Å². The number of aromatic nitrogens is 2. The average Bonchev–Trinajstić information content (AvgIpc) is 2.77. The van der Waals surface area contributed by atoms with Crippen LogP contribution in [-0.2, 0) is 4.79 Å². The molecule has 2 heterocycles. The van der Waals surface area contributed by atoms with Gasteiger partial charge in [-0.2, -0.15) is 0 Å². The minimum Gasteiger partial charge on any atom is -0.437 e. The first-order valence-corrected chi connectivity index (χ1v) is 11.6. The summed E-state index contributed by atoms with van der Waals surface area (Å²) in [6, 6.07) is 7.60. The fourth-order valence-electron chi connectivity index (χ4n) is 4.04. The molecule has 1 aromatic carbocycles. The third-order valence-corrected chi connectivity index (χ3v) is 6.22. The molecule has 0 spiro atoms. The molecule has 7 heteroatoms. The van der Waals surface area contributed by atoms with Crippen LogP contribution < -0.4 is 9.64 Å². The van der Waals surface area contributed by atoms with Gasteiger partial charge < -0.3 is 14.5 Å². The van der Waals surface area contributed by atoms with Gasteiger partial charge in [-0.15, -0.1) is 0 Å². The standard InChI is InChI=1S/C24H33ClN4O2/c1-5-7-8-19(6-2)24(30)29-12-11-28(15-18(29)4)22-14-23(27-16-26-22)31-21-13-17(3)9-10-20(21)25/h9-10,13-14,16,18-19H,5-8,11-12,15H2,1-4H3/t18-,19-/m0/s1. The zero-order valence-corrected chi connectivity index (χ0v) is 19.7. The molecule has 31 heavy (non-hydrogen) atoms. The van der Waals surface area contributed by atoms with Crippen LogP contribution in [0.2, 0.25) is 5.02 Å². The molecule has 1 fully saturated rings. The van der Waals surface area contributed by atoms with Crippen molar-refractivity contribution in [3.63, 3.8) is 0 Å². The van der Waals surface area contributed by atoms with Crippen LogP contribution in [0.1, 0.15) is 52.0 Å². The number of hydrogen-bond donors (Lipinski definition) is 0. The molecule has 3 rings (SSSR count). The Labute approximate surface area is 190 Å². The van der Waals surface area contributed by atoms with Gasteiger partial charge in [0.05, 0.1) is 5.02 Å². The van der Waals surface area contributed by atoms with Crippen molar-refractivity contribution in [3.05, 3.63) is 41.2 Å². The summed E-state index contributed by atoms with van der Waals surface area (Å²) in [4.78, 5) is 26.0. The second kappa shape index (κ2) is 10.8. The quantitative estimate of drug-likeness (QED) is 0.539. The molecule has 168 valence electrons. The Bertz CT molecular complexity index is 892. The summed E-state index contributed by atoms with van der Waals surface area (Å²) < 4.78 is 5.92. The second-order valence-corrected chi connectivity index (χ2v) is 8.73. The maximum absolute atomic E-state index is 13.1. The van der Waals surface area contributed by atoms with E-state index in [9.17, 15) is 4.79 Å². The number of halogens is 1. The van der Waals surface area contributed by atoms with Gasteiger partial charge in [0.25, 0.3) is 0 Å². The van der Waals surface area contributed by atoms with E-state index in [4.69, 9.17) is 16.3 Å². The third-order valence-electron chi connectivity index (χ3n) is 5.91. The molecule has 1 amide bonds. The molecule has 1 saturated heterocycles. The van der Waals surface area contributed by atoms with E-state index in [1.165, 1.54) is 6.33 Å². The van der Waals surface area contributed by atoms with E-state index in [2.05, 4.69) is 35.6 Å². The number of rotatable bonds is 8. The van der Waals surface area contributed by atoms with E-state index in [1.807, 2.05) is 36.1 Å². The number of aryl methyl sites for hydroxylation is 1. The summed E-state index contributed by atoms with van der Waals surface area (Å²) in [6.07, 6.45) is 5.62. The fraction of sp³-hybridized carbons (Fsp3) is 0.542. The highest BCUT2D eigenvalue weighted by Gasteiger charge is 2.31. The molecule has 0 aliphatic carbocycles. The molecule has 6 nitrogen and oxygen atoms in total. The maximum Gasteiger partial charge on any atom is 0.226 e. The Balaban J connectivity index is 1.67. The Morgan fingerprint density at radius 2 is 2.06 bits per heavy atom. The molecule has 0 bridgehead atoms. The van der Waals surface area contributed by atoms with Gasteiger partial charge >= 0.3 is 0 Å². The van der Waals surface area contributed by atoms with Gasteiger partial charge in [0.1, 0.15) is 17.9 Å². The molecule has 1 aromatic heterocycles. The summed E-state index contributed by atoms with van der Waals surface area (Å²) in [5.74, 6) is 2.25. The number of unbranched alkanes of at least 4 members (excludes halogenated alkanes) is 1. The molecular formula is C24H33ClN4O2. The fourth-order valence-corrected chi connectivity index (χ4v) is 4.20. The number of anilines is 1. The summed E-state index contributed by atoms with van der Waals surface area (Å²) >= 11 is 6.25. The number of benzene rings is 1. The second-order valence-electron chi connectivity index (χ2n) is 8.32. The van der Waals surface area contributed by atoms with E-state index in [0.29, 0.717) is 29.1 Å². The van der Waals surface area contributed by atoms with E-state index in [0.717, 1.165) is 50.2 Å². The summed E-state index contributed by atoms with van der Waals surface area (Å²) in [7, 11) is 0. The highest BCUT2D eigenvalue weighted by atomic mass is 35.5. The average molecular weight is 445 g/mol. The summed E-state index contributed by atoms with van der Waals surface area (Å²) in [6.45, 7) is 10.6. The SMILES string of the molecule is CCCC[C@H](CC)C(=O)N1CCN(c2cc(Oc3cc(C)ccc3Cl)ncn2)C[C@@H]1C. The molecule has 1 aliphatic rings. The predicted molar refractivity (Wildman–Crippen MR) is 125 cm³/mol. The van der Waals surface area contributed by atoms with E-state index in [1.54, 1.807) is 0 Å². The normalized spacial score (nSPS) is 17.5. The van der Waals surface area contributed by atoms with Crippen molar-refractivity contribution in [1.82, 2.24) is 14.9 Å². The van der Waals surface area contributed by atoms with Crippen molar-refractivity contribution in [2.24, 2.45) is 5.92 Å². The molecule has 0 unspecified atom stereocenters. The lowest BCUT2D eigenvalue weighted by atomic mass is 9.96. The summed E-state index contributed by atoms with van der Waals surface area (Å²) in [5.41, 5.74) is 1.06. The van der Waals surface area contributed by atoms with Gasteiger partial charge in [-0.1, -0.05) is 44.4 Å². The Kier molecular flexibility index (Phi) is 8.13. The number of carbonyl (C=O) groups is 1. The number of carbonyl (C=O) groups excluding carboxylic acids is 1. The first-order chi connectivity index (χ1) is 14.9. The molecule has 0 N–H and O–H groups in total. The zero-order valence-electron chi connectivity index (χ0n) is 19.0. The minimum absolute atomic E-state index is 0.127. The van der Waals surface area contributed by atoms with Gasteiger partial charge in [-0.05, 0) is 44.4 Å². The molecule has 1 aliphatic heterocycles. The largest absolute Gasteiger partial charge is 0.437 e. The van der Waals surface area contributed by atoms with Crippen LogP contribution in [0.15, 0.2) is 30.6 Å². The molecule has 0 radical (unpaired) electrons. The topological polar surface area (TPSA) is 58.6 Å². The zero-order chi connectivity index (χ0) is 22.4. The number of piperazine rings is 1. The molecular weight excluding hydrogens is 412 g/mol. The van der Waals surface area contributed by atoms with Crippen LogP contribution in [0, 0.1) is 12.8 Å². The monoisotopic (exact) mass is 444 g/mol. The van der Waals surface area contributed by atoms with Crippen molar-refractivity contribution in [2.75, 3.05) is 24.5 Å². The van der Waals surface area contributed by atoms with Crippen LogP contribution in [0.3, 0.4) is 0 Å². The Morgan fingerprint density at radius 1 is 1.26 bits per heavy atom. The van der Waals surface area contributed by atoms with Crippen molar-refractivity contribution >= 4 is 23.3 Å². The number of amides is 1. The van der Waals surface area contributed by atoms with Crippen molar-refractivity contribution < 1.29 is 9.53 Å². The van der Waals surface area contributed by atoms with Crippen molar-refractivity contribution in [1.29, 1.82) is 0 Å². The molecule has 2 aromatic rings. The summed E-state index contributed by atoms with van der Waals surface area (Å²) in [5, 5.41) is 0.542. The number of nitrogens with zero attached hydrogens (tertiary/aromatic N) is 4. The first kappa shape index (κ1) is 23.3.